The van der Waals surface area contributed by atoms with Gasteiger partial charge in [-0.1, -0.05) is 18.2 Å². The van der Waals surface area contributed by atoms with Crippen molar-refractivity contribution in [3.8, 4) is 11.5 Å². The highest BCUT2D eigenvalue weighted by Crippen LogP contribution is 2.31. The molecule has 3 aromatic rings. The van der Waals surface area contributed by atoms with Crippen LogP contribution in [0.1, 0.15) is 5.56 Å². The number of carbonyl (C=O) groups excluding carboxylic acids is 1. The van der Waals surface area contributed by atoms with Crippen molar-refractivity contribution in [3.05, 3.63) is 48.0 Å². The third-order valence-electron chi connectivity index (χ3n) is 3.21. The molecule has 0 aliphatic rings. The molecule has 1 aromatic heterocycles. The SMILES string of the molecule is Cc1ccc2oc(-c3ccccc3NC(=O)C(F)(F)F)nc2c1. The summed E-state index contributed by atoms with van der Waals surface area (Å²) in [6.45, 7) is 1.89. The number of nitrogens with zero attached hydrogens (tertiary/aromatic N) is 1. The first-order valence-corrected chi connectivity index (χ1v) is 6.69. The Morgan fingerprint density at radius 3 is 2.65 bits per heavy atom. The van der Waals surface area contributed by atoms with Gasteiger partial charge in [0.15, 0.2) is 5.58 Å². The summed E-state index contributed by atoms with van der Waals surface area (Å²) in [5.74, 6) is -1.90. The molecule has 0 unspecified atom stereocenters. The second kappa shape index (κ2) is 5.42. The third-order valence-corrected chi connectivity index (χ3v) is 3.21. The first-order valence-electron chi connectivity index (χ1n) is 6.69. The Hall–Kier alpha value is -2.83. The second-order valence-corrected chi connectivity index (χ2v) is 4.99. The Bertz CT molecular complexity index is 884. The number of aryl methyl sites for hydroxylation is 1. The minimum atomic E-state index is -4.97. The molecule has 0 fully saturated rings. The van der Waals surface area contributed by atoms with E-state index in [1.807, 2.05) is 18.3 Å². The summed E-state index contributed by atoms with van der Waals surface area (Å²) in [6, 6.07) is 11.4. The maximum Gasteiger partial charge on any atom is 0.471 e. The zero-order valence-electron chi connectivity index (χ0n) is 11.9. The van der Waals surface area contributed by atoms with Crippen molar-refractivity contribution < 1.29 is 22.4 Å². The van der Waals surface area contributed by atoms with Crippen LogP contribution >= 0.6 is 0 Å². The van der Waals surface area contributed by atoms with Gasteiger partial charge in [0.05, 0.1) is 11.3 Å². The average molecular weight is 320 g/mol. The predicted molar refractivity (Wildman–Crippen MR) is 78.9 cm³/mol. The van der Waals surface area contributed by atoms with Crippen molar-refractivity contribution >= 4 is 22.7 Å². The van der Waals surface area contributed by atoms with Crippen LogP contribution in [0.4, 0.5) is 18.9 Å². The Balaban J connectivity index is 2.03. The van der Waals surface area contributed by atoms with E-state index in [0.29, 0.717) is 11.1 Å². The lowest BCUT2D eigenvalue weighted by molar-refractivity contribution is -0.167. The Morgan fingerprint density at radius 1 is 1.17 bits per heavy atom. The normalized spacial score (nSPS) is 11.7. The van der Waals surface area contributed by atoms with Gasteiger partial charge < -0.3 is 9.73 Å². The van der Waals surface area contributed by atoms with Gasteiger partial charge in [-0.05, 0) is 36.8 Å². The van der Waals surface area contributed by atoms with E-state index >= 15 is 0 Å². The topological polar surface area (TPSA) is 55.1 Å². The first kappa shape index (κ1) is 15.1. The van der Waals surface area contributed by atoms with Gasteiger partial charge in [-0.25, -0.2) is 4.98 Å². The smallest absolute Gasteiger partial charge is 0.436 e. The molecule has 2 aromatic carbocycles. The molecule has 1 amide bonds. The average Bonchev–Trinajstić information content (AvgIpc) is 2.89. The molecule has 0 aliphatic heterocycles. The Kier molecular flexibility index (Phi) is 3.55. The second-order valence-electron chi connectivity index (χ2n) is 4.99. The van der Waals surface area contributed by atoms with Crippen LogP contribution in [0.5, 0.6) is 0 Å². The molecule has 1 heterocycles. The van der Waals surface area contributed by atoms with E-state index in [4.69, 9.17) is 4.42 Å². The van der Waals surface area contributed by atoms with E-state index in [0.717, 1.165) is 5.56 Å². The van der Waals surface area contributed by atoms with Gasteiger partial charge in [-0.15, -0.1) is 0 Å². The molecule has 4 nitrogen and oxygen atoms in total. The van der Waals surface area contributed by atoms with E-state index in [2.05, 4.69) is 4.98 Å². The van der Waals surface area contributed by atoms with Gasteiger partial charge >= 0.3 is 12.1 Å². The number of alkyl halides is 3. The number of aromatic nitrogens is 1. The number of halogens is 3. The molecule has 0 spiro atoms. The standard InChI is InChI=1S/C16H11F3N2O2/c1-9-6-7-13-12(8-9)20-14(23-13)10-4-2-3-5-11(10)21-15(22)16(17,18)19/h2-8H,1H3,(H,21,22). The lowest BCUT2D eigenvalue weighted by Gasteiger charge is -2.10. The fourth-order valence-electron chi connectivity index (χ4n) is 2.12. The predicted octanol–water partition coefficient (Wildman–Crippen LogP) is 4.30. The van der Waals surface area contributed by atoms with Crippen molar-refractivity contribution in [1.29, 1.82) is 0 Å². The largest absolute Gasteiger partial charge is 0.471 e. The zero-order chi connectivity index (χ0) is 16.6. The molecule has 23 heavy (non-hydrogen) atoms. The van der Waals surface area contributed by atoms with Crippen LogP contribution in [0.2, 0.25) is 0 Å². The zero-order valence-corrected chi connectivity index (χ0v) is 11.9. The van der Waals surface area contributed by atoms with E-state index in [-0.39, 0.29) is 17.1 Å². The molecule has 7 heteroatoms. The minimum absolute atomic E-state index is 0.0156. The molecule has 118 valence electrons. The number of hydrogen-bond donors (Lipinski definition) is 1. The molecular formula is C16H11F3N2O2. The molecule has 0 saturated heterocycles. The van der Waals surface area contributed by atoms with Crippen LogP contribution in [0, 0.1) is 6.92 Å². The summed E-state index contributed by atoms with van der Waals surface area (Å²) in [5, 5.41) is 1.84. The van der Waals surface area contributed by atoms with Gasteiger partial charge in [-0.3, -0.25) is 4.79 Å². The number of amides is 1. The number of oxazole rings is 1. The van der Waals surface area contributed by atoms with E-state index < -0.39 is 12.1 Å². The maximum absolute atomic E-state index is 12.4. The van der Waals surface area contributed by atoms with Crippen LogP contribution in [-0.4, -0.2) is 17.1 Å². The first-order chi connectivity index (χ1) is 10.8. The molecular weight excluding hydrogens is 309 g/mol. The Labute approximate surface area is 128 Å². The maximum atomic E-state index is 12.4. The third kappa shape index (κ3) is 3.03. The van der Waals surface area contributed by atoms with Crippen molar-refractivity contribution in [2.45, 2.75) is 13.1 Å². The molecule has 0 bridgehead atoms. The molecule has 0 saturated carbocycles. The summed E-state index contributed by atoms with van der Waals surface area (Å²) in [4.78, 5) is 15.4. The highest BCUT2D eigenvalue weighted by atomic mass is 19.4. The summed E-state index contributed by atoms with van der Waals surface area (Å²) < 4.78 is 42.9. The Morgan fingerprint density at radius 2 is 1.91 bits per heavy atom. The molecule has 1 N–H and O–H groups in total. The van der Waals surface area contributed by atoms with Crippen molar-refractivity contribution in [2.24, 2.45) is 0 Å². The lowest BCUT2D eigenvalue weighted by Crippen LogP contribution is -2.30. The number of hydrogen-bond acceptors (Lipinski definition) is 3. The highest BCUT2D eigenvalue weighted by Gasteiger charge is 2.39. The van der Waals surface area contributed by atoms with E-state index in [9.17, 15) is 18.0 Å². The number of fused-ring (bicyclic) bond motifs is 1. The number of anilines is 1. The van der Waals surface area contributed by atoms with E-state index in [1.54, 1.807) is 18.2 Å². The summed E-state index contributed by atoms with van der Waals surface area (Å²) >= 11 is 0. The van der Waals surface area contributed by atoms with Crippen molar-refractivity contribution in [1.82, 2.24) is 4.98 Å². The molecule has 0 atom stereocenters. The van der Waals surface area contributed by atoms with Gasteiger partial charge in [0.1, 0.15) is 5.52 Å². The van der Waals surface area contributed by atoms with Crippen LogP contribution in [-0.2, 0) is 4.79 Å². The number of carbonyl (C=O) groups is 1. The quantitative estimate of drug-likeness (QED) is 0.766. The summed E-state index contributed by atoms with van der Waals surface area (Å²) in [5.41, 5.74) is 2.35. The van der Waals surface area contributed by atoms with Crippen LogP contribution in [0.15, 0.2) is 46.9 Å². The molecule has 0 aliphatic carbocycles. The van der Waals surface area contributed by atoms with Crippen molar-refractivity contribution in [3.63, 3.8) is 0 Å². The molecule has 3 rings (SSSR count). The fourth-order valence-corrected chi connectivity index (χ4v) is 2.12. The van der Waals surface area contributed by atoms with Gasteiger partial charge in [0, 0.05) is 0 Å². The highest BCUT2D eigenvalue weighted by molar-refractivity contribution is 5.98. The van der Waals surface area contributed by atoms with E-state index in [1.165, 1.54) is 18.2 Å². The number of rotatable bonds is 2. The van der Waals surface area contributed by atoms with Gasteiger partial charge in [0.25, 0.3) is 0 Å². The number of benzene rings is 2. The van der Waals surface area contributed by atoms with Crippen LogP contribution in [0.3, 0.4) is 0 Å². The van der Waals surface area contributed by atoms with Crippen LogP contribution < -0.4 is 5.32 Å². The lowest BCUT2D eigenvalue weighted by atomic mass is 10.1. The minimum Gasteiger partial charge on any atom is -0.436 e. The monoisotopic (exact) mass is 320 g/mol. The van der Waals surface area contributed by atoms with Gasteiger partial charge in [-0.2, -0.15) is 13.2 Å². The molecule has 0 radical (unpaired) electrons. The van der Waals surface area contributed by atoms with Crippen LogP contribution in [0.25, 0.3) is 22.6 Å². The van der Waals surface area contributed by atoms with Crippen molar-refractivity contribution in [2.75, 3.05) is 5.32 Å². The fraction of sp³-hybridized carbons (Fsp3) is 0.125. The van der Waals surface area contributed by atoms with Gasteiger partial charge in [0.2, 0.25) is 5.89 Å². The summed E-state index contributed by atoms with van der Waals surface area (Å²) in [7, 11) is 0. The summed E-state index contributed by atoms with van der Waals surface area (Å²) in [6.07, 6.45) is -4.97. The number of para-hydroxylation sites is 1. The number of nitrogens with one attached hydrogen (secondary N) is 1.